The third-order valence-corrected chi connectivity index (χ3v) is 6.46. The van der Waals surface area contributed by atoms with E-state index >= 15 is 0 Å². The molecule has 0 radical (unpaired) electrons. The fraction of sp³-hybridized carbons (Fsp3) is 0.375. The van der Waals surface area contributed by atoms with E-state index in [2.05, 4.69) is 15.0 Å². The predicted octanol–water partition coefficient (Wildman–Crippen LogP) is 3.57. The van der Waals surface area contributed by atoms with Gasteiger partial charge in [-0.1, -0.05) is 11.6 Å². The first-order chi connectivity index (χ1) is 16.5. The van der Waals surface area contributed by atoms with Gasteiger partial charge in [-0.05, 0) is 51.8 Å². The van der Waals surface area contributed by atoms with E-state index in [1.165, 1.54) is 11.1 Å². The Kier molecular flexibility index (Phi) is 5.43. The maximum Gasteiger partial charge on any atom is 0.410 e. The molecule has 0 unspecified atom stereocenters. The summed E-state index contributed by atoms with van der Waals surface area (Å²) >= 11 is 6.18. The molecule has 1 fully saturated rings. The highest BCUT2D eigenvalue weighted by Crippen LogP contribution is 2.33. The molecular weight excluding hydrogens is 474 g/mol. The van der Waals surface area contributed by atoms with E-state index in [0.29, 0.717) is 37.0 Å². The molecule has 0 spiro atoms. The lowest BCUT2D eigenvalue weighted by Gasteiger charge is -2.36. The lowest BCUT2D eigenvalue weighted by atomic mass is 10.0. The minimum Gasteiger partial charge on any atom is -0.444 e. The maximum absolute atomic E-state index is 13.2. The van der Waals surface area contributed by atoms with Crippen molar-refractivity contribution in [1.29, 1.82) is 0 Å². The molecule has 4 heterocycles. The summed E-state index contributed by atoms with van der Waals surface area (Å²) in [6.07, 6.45) is 1.99. The first kappa shape index (κ1) is 23.1. The number of nitrogens with one attached hydrogen (secondary N) is 2. The highest BCUT2D eigenvalue weighted by Gasteiger charge is 2.42. The summed E-state index contributed by atoms with van der Waals surface area (Å²) < 4.78 is 5.42. The van der Waals surface area contributed by atoms with Crippen LogP contribution in [0.2, 0.25) is 5.02 Å². The van der Waals surface area contributed by atoms with Gasteiger partial charge in [0, 0.05) is 25.3 Å². The van der Waals surface area contributed by atoms with Crippen LogP contribution >= 0.6 is 11.6 Å². The van der Waals surface area contributed by atoms with Crippen molar-refractivity contribution in [3.05, 3.63) is 50.9 Å². The highest BCUT2D eigenvalue weighted by atomic mass is 35.5. The Morgan fingerprint density at radius 1 is 1.11 bits per heavy atom. The molecule has 3 aromatic rings. The summed E-state index contributed by atoms with van der Waals surface area (Å²) in [5, 5.41) is 0.233. The zero-order valence-corrected chi connectivity index (χ0v) is 20.2. The number of ether oxygens (including phenoxy) is 1. The Morgan fingerprint density at radius 3 is 2.40 bits per heavy atom. The summed E-state index contributed by atoms with van der Waals surface area (Å²) in [4.78, 5) is 63.9. The van der Waals surface area contributed by atoms with Gasteiger partial charge in [0.2, 0.25) is 0 Å². The molecule has 0 bridgehead atoms. The Labute approximate surface area is 205 Å². The summed E-state index contributed by atoms with van der Waals surface area (Å²) in [7, 11) is 0. The number of pyridine rings is 1. The molecule has 2 N–H and O–H groups in total. The van der Waals surface area contributed by atoms with Crippen LogP contribution in [0.15, 0.2) is 29.2 Å². The first-order valence-electron chi connectivity index (χ1n) is 11.3. The number of imidazole rings is 1. The molecule has 5 rings (SSSR count). The van der Waals surface area contributed by atoms with Crippen LogP contribution in [0, 0.1) is 0 Å². The number of hydrogen-bond acceptors (Lipinski definition) is 6. The molecule has 35 heavy (non-hydrogen) atoms. The molecule has 1 aromatic carbocycles. The average Bonchev–Trinajstić information content (AvgIpc) is 3.29. The van der Waals surface area contributed by atoms with Crippen molar-refractivity contribution >= 4 is 40.5 Å². The number of hydrogen-bond donors (Lipinski definition) is 2. The molecule has 0 saturated carbocycles. The van der Waals surface area contributed by atoms with E-state index in [-0.39, 0.29) is 45.4 Å². The quantitative estimate of drug-likeness (QED) is 0.521. The van der Waals surface area contributed by atoms with Crippen molar-refractivity contribution in [2.24, 2.45) is 0 Å². The average molecular weight is 498 g/mol. The van der Waals surface area contributed by atoms with Gasteiger partial charge in [-0.2, -0.15) is 0 Å². The second kappa shape index (κ2) is 8.23. The van der Waals surface area contributed by atoms with Crippen molar-refractivity contribution in [2.75, 3.05) is 13.1 Å². The van der Waals surface area contributed by atoms with Crippen LogP contribution in [-0.4, -0.2) is 67.4 Å². The lowest BCUT2D eigenvalue weighted by Crippen LogP contribution is -2.49. The Balaban J connectivity index is 1.37. The van der Waals surface area contributed by atoms with Crippen molar-refractivity contribution in [3.63, 3.8) is 0 Å². The van der Waals surface area contributed by atoms with Gasteiger partial charge >= 0.3 is 6.09 Å². The largest absolute Gasteiger partial charge is 0.444 e. The highest BCUT2D eigenvalue weighted by molar-refractivity contribution is 6.33. The van der Waals surface area contributed by atoms with E-state index in [1.807, 2.05) is 20.8 Å². The molecule has 2 aromatic heterocycles. The molecule has 2 aliphatic rings. The zero-order chi connectivity index (χ0) is 25.1. The minimum absolute atomic E-state index is 0.182. The summed E-state index contributed by atoms with van der Waals surface area (Å²) in [6, 6.07) is 4.38. The third kappa shape index (κ3) is 4.07. The number of carbonyl (C=O) groups is 3. The number of H-pyrrole nitrogens is 2. The molecule has 0 aliphatic carbocycles. The number of halogens is 1. The van der Waals surface area contributed by atoms with Gasteiger partial charge in [0.1, 0.15) is 17.0 Å². The number of aromatic nitrogens is 3. The van der Waals surface area contributed by atoms with Crippen molar-refractivity contribution in [3.8, 4) is 11.4 Å². The van der Waals surface area contributed by atoms with Crippen LogP contribution in [0.4, 0.5) is 4.79 Å². The number of likely N-dealkylation sites (tertiary alicyclic amines) is 1. The molecule has 182 valence electrons. The van der Waals surface area contributed by atoms with E-state index in [4.69, 9.17) is 16.3 Å². The number of nitrogens with zero attached hydrogens (tertiary/aromatic N) is 3. The van der Waals surface area contributed by atoms with Crippen LogP contribution in [-0.2, 0) is 4.74 Å². The number of benzene rings is 1. The van der Waals surface area contributed by atoms with Gasteiger partial charge in [0.05, 0.1) is 27.2 Å². The number of aromatic amines is 2. The summed E-state index contributed by atoms with van der Waals surface area (Å²) in [5.74, 6) is -0.515. The van der Waals surface area contributed by atoms with Gasteiger partial charge in [-0.15, -0.1) is 0 Å². The number of imide groups is 1. The molecule has 1 saturated heterocycles. The van der Waals surface area contributed by atoms with Gasteiger partial charge in [0.25, 0.3) is 17.4 Å². The predicted molar refractivity (Wildman–Crippen MR) is 128 cm³/mol. The van der Waals surface area contributed by atoms with Gasteiger partial charge in [-0.25, -0.2) is 9.78 Å². The number of fused-ring (bicyclic) bond motifs is 2. The Morgan fingerprint density at radius 2 is 1.77 bits per heavy atom. The van der Waals surface area contributed by atoms with Gasteiger partial charge in [-0.3, -0.25) is 19.3 Å². The van der Waals surface area contributed by atoms with Crippen molar-refractivity contribution < 1.29 is 19.1 Å². The second-order valence-corrected chi connectivity index (χ2v) is 10.1. The number of rotatable bonds is 2. The fourth-order valence-corrected chi connectivity index (χ4v) is 4.76. The number of amides is 3. The van der Waals surface area contributed by atoms with Crippen LogP contribution in [0.25, 0.3) is 22.4 Å². The van der Waals surface area contributed by atoms with Crippen LogP contribution < -0.4 is 5.56 Å². The fourth-order valence-electron chi connectivity index (χ4n) is 4.52. The van der Waals surface area contributed by atoms with Crippen LogP contribution in [0.1, 0.15) is 54.3 Å². The first-order valence-corrected chi connectivity index (χ1v) is 11.7. The third-order valence-electron chi connectivity index (χ3n) is 6.15. The standard InChI is InChI=1S/C24H24ClN5O5/c1-24(2,3)35-23(34)29-8-5-12(6-9-29)30-21(32)13-10-16-17(11-14(13)22(30)33)28-19(27-16)18-15(25)4-7-26-20(18)31/h4,7,10-12H,5-6,8-9H2,1-3H3,(H,26,31)(H,27,28). The smallest absolute Gasteiger partial charge is 0.410 e. The second-order valence-electron chi connectivity index (χ2n) is 9.71. The van der Waals surface area contributed by atoms with E-state index in [0.717, 1.165) is 0 Å². The van der Waals surface area contributed by atoms with E-state index in [9.17, 15) is 19.2 Å². The lowest BCUT2D eigenvalue weighted by molar-refractivity contribution is 0.0156. The SMILES string of the molecule is CC(C)(C)OC(=O)N1CCC(N2C(=O)c3cc4nc(-c5c(Cl)cc[nH]c5=O)[nH]c4cc3C2=O)CC1. The minimum atomic E-state index is -0.591. The zero-order valence-electron chi connectivity index (χ0n) is 19.5. The Hall–Kier alpha value is -3.66. The molecule has 2 aliphatic heterocycles. The summed E-state index contributed by atoms with van der Waals surface area (Å²) in [6.45, 7) is 6.21. The number of carbonyl (C=O) groups excluding carboxylic acids is 3. The molecule has 10 nitrogen and oxygen atoms in total. The van der Waals surface area contributed by atoms with E-state index in [1.54, 1.807) is 23.1 Å². The van der Waals surface area contributed by atoms with Gasteiger partial charge < -0.3 is 19.6 Å². The van der Waals surface area contributed by atoms with E-state index < -0.39 is 17.3 Å². The molecule has 11 heteroatoms. The normalized spacial score (nSPS) is 16.8. The summed E-state index contributed by atoms with van der Waals surface area (Å²) in [5.41, 5.74) is 0.693. The van der Waals surface area contributed by atoms with Crippen LogP contribution in [0.5, 0.6) is 0 Å². The molecular formula is C24H24ClN5O5. The van der Waals surface area contributed by atoms with Crippen LogP contribution in [0.3, 0.4) is 0 Å². The molecule has 3 amide bonds. The maximum atomic E-state index is 13.2. The molecule has 0 atom stereocenters. The van der Waals surface area contributed by atoms with Crippen molar-refractivity contribution in [2.45, 2.75) is 45.3 Å². The number of piperidine rings is 1. The topological polar surface area (TPSA) is 128 Å². The monoisotopic (exact) mass is 497 g/mol. The van der Waals surface area contributed by atoms with Crippen molar-refractivity contribution in [1.82, 2.24) is 24.8 Å². The Bertz CT molecular complexity index is 1380. The van der Waals surface area contributed by atoms with Gasteiger partial charge in [0.15, 0.2) is 0 Å².